The molecule has 2 N–H and O–H groups in total. The maximum Gasteiger partial charge on any atom is 0.335 e. The number of hydrogen-bond donors (Lipinski definition) is 2. The first kappa shape index (κ1) is 13.6. The molecule has 0 spiro atoms. The molecule has 19 heavy (non-hydrogen) atoms. The predicted octanol–water partition coefficient (Wildman–Crippen LogP) is 2.75. The zero-order valence-electron chi connectivity index (χ0n) is 10.6. The summed E-state index contributed by atoms with van der Waals surface area (Å²) in [5.74, 6) is 0.643. The number of hydrogen-bond acceptors (Lipinski definition) is 4. The van der Waals surface area contributed by atoms with E-state index in [1.165, 1.54) is 11.8 Å². The first-order valence-electron chi connectivity index (χ1n) is 6.05. The van der Waals surface area contributed by atoms with E-state index >= 15 is 0 Å². The zero-order chi connectivity index (χ0) is 13.7. The monoisotopic (exact) mass is 277 g/mol. The van der Waals surface area contributed by atoms with Crippen LogP contribution in [-0.4, -0.2) is 26.3 Å². The third kappa shape index (κ3) is 3.82. The summed E-state index contributed by atoms with van der Waals surface area (Å²) in [6.07, 6.45) is 1.92. The van der Waals surface area contributed by atoms with E-state index in [0.29, 0.717) is 16.5 Å². The largest absolute Gasteiger partial charge is 0.478 e. The second-order valence-corrected chi connectivity index (χ2v) is 5.05. The number of thioether (sulfide) groups is 1. The summed E-state index contributed by atoms with van der Waals surface area (Å²) in [5, 5.41) is 16.6. The second kappa shape index (κ2) is 6.38. The van der Waals surface area contributed by atoms with E-state index in [0.717, 1.165) is 24.2 Å². The van der Waals surface area contributed by atoms with Gasteiger partial charge in [-0.05, 0) is 24.1 Å². The van der Waals surface area contributed by atoms with Crippen LogP contribution in [-0.2, 0) is 12.2 Å². The first-order valence-corrected chi connectivity index (χ1v) is 7.04. The molecule has 2 aromatic rings. The minimum Gasteiger partial charge on any atom is -0.478 e. The van der Waals surface area contributed by atoms with E-state index in [1.807, 2.05) is 6.07 Å². The molecule has 0 atom stereocenters. The second-order valence-electron chi connectivity index (χ2n) is 4.11. The molecule has 0 aliphatic heterocycles. The molecule has 2 rings (SSSR count). The Bertz CT molecular complexity index is 569. The van der Waals surface area contributed by atoms with E-state index in [4.69, 9.17) is 5.11 Å². The van der Waals surface area contributed by atoms with Crippen LogP contribution in [0.3, 0.4) is 0 Å². The molecule has 0 radical (unpaired) electrons. The van der Waals surface area contributed by atoms with Crippen LogP contribution < -0.4 is 0 Å². The lowest BCUT2D eigenvalue weighted by atomic mass is 10.1. The minimum absolute atomic E-state index is 0.305. The Morgan fingerprint density at radius 3 is 3.05 bits per heavy atom. The van der Waals surface area contributed by atoms with Gasteiger partial charge in [0.1, 0.15) is 5.82 Å². The number of carbonyl (C=O) groups is 1. The fourth-order valence-corrected chi connectivity index (χ4v) is 2.39. The summed E-state index contributed by atoms with van der Waals surface area (Å²) in [4.78, 5) is 15.2. The van der Waals surface area contributed by atoms with Gasteiger partial charge in [0.2, 0.25) is 5.16 Å². The molecule has 0 unspecified atom stereocenters. The molecule has 5 nitrogen and oxygen atoms in total. The van der Waals surface area contributed by atoms with Crippen molar-refractivity contribution in [3.05, 3.63) is 41.2 Å². The van der Waals surface area contributed by atoms with Crippen molar-refractivity contribution in [1.82, 2.24) is 15.2 Å². The van der Waals surface area contributed by atoms with E-state index in [1.54, 1.807) is 18.2 Å². The Hall–Kier alpha value is -1.82. The fraction of sp³-hybridized carbons (Fsp3) is 0.308. The van der Waals surface area contributed by atoms with Gasteiger partial charge in [-0.15, -0.1) is 5.10 Å². The number of benzene rings is 1. The Labute approximate surface area is 115 Å². The summed E-state index contributed by atoms with van der Waals surface area (Å²) >= 11 is 1.49. The lowest BCUT2D eigenvalue weighted by molar-refractivity contribution is 0.0697. The summed E-state index contributed by atoms with van der Waals surface area (Å²) in [6, 6.07) is 6.91. The van der Waals surface area contributed by atoms with Crippen molar-refractivity contribution in [2.75, 3.05) is 0 Å². The van der Waals surface area contributed by atoms with Crippen molar-refractivity contribution in [1.29, 1.82) is 0 Å². The number of nitrogens with zero attached hydrogens (tertiary/aromatic N) is 2. The summed E-state index contributed by atoms with van der Waals surface area (Å²) in [7, 11) is 0. The number of aromatic nitrogens is 3. The van der Waals surface area contributed by atoms with E-state index < -0.39 is 5.97 Å². The van der Waals surface area contributed by atoms with Crippen LogP contribution in [0.5, 0.6) is 0 Å². The highest BCUT2D eigenvalue weighted by molar-refractivity contribution is 7.98. The summed E-state index contributed by atoms with van der Waals surface area (Å²) in [5.41, 5.74) is 1.26. The lowest BCUT2D eigenvalue weighted by Gasteiger charge is -2.00. The molecule has 0 bridgehead atoms. The molecule has 0 aliphatic carbocycles. The maximum atomic E-state index is 10.9. The van der Waals surface area contributed by atoms with Crippen LogP contribution in [0.25, 0.3) is 0 Å². The van der Waals surface area contributed by atoms with Crippen LogP contribution in [0.1, 0.15) is 35.1 Å². The average Bonchev–Trinajstić information content (AvgIpc) is 2.85. The topological polar surface area (TPSA) is 78.9 Å². The molecule has 1 aromatic carbocycles. The quantitative estimate of drug-likeness (QED) is 0.794. The van der Waals surface area contributed by atoms with Crippen molar-refractivity contribution < 1.29 is 9.90 Å². The molecule has 6 heteroatoms. The Kier molecular flexibility index (Phi) is 4.57. The van der Waals surface area contributed by atoms with E-state index in [2.05, 4.69) is 22.1 Å². The Morgan fingerprint density at radius 2 is 2.32 bits per heavy atom. The number of rotatable bonds is 6. The highest BCUT2D eigenvalue weighted by Crippen LogP contribution is 2.19. The molecule has 0 amide bonds. The Morgan fingerprint density at radius 1 is 1.47 bits per heavy atom. The van der Waals surface area contributed by atoms with Crippen LogP contribution in [0.2, 0.25) is 0 Å². The molecule has 0 saturated carbocycles. The number of H-pyrrole nitrogens is 1. The van der Waals surface area contributed by atoms with Crippen molar-refractivity contribution in [2.45, 2.75) is 30.7 Å². The van der Waals surface area contributed by atoms with Gasteiger partial charge in [0.15, 0.2) is 0 Å². The predicted molar refractivity (Wildman–Crippen MR) is 73.3 cm³/mol. The highest BCUT2D eigenvalue weighted by atomic mass is 32.2. The SMILES string of the molecule is CCCc1nc(SCc2cccc(C(=O)O)c2)n[nH]1. The van der Waals surface area contributed by atoms with Gasteiger partial charge in [-0.25, -0.2) is 9.78 Å². The summed E-state index contributed by atoms with van der Waals surface area (Å²) in [6.45, 7) is 2.09. The van der Waals surface area contributed by atoms with Crippen LogP contribution >= 0.6 is 11.8 Å². The van der Waals surface area contributed by atoms with E-state index in [-0.39, 0.29) is 0 Å². The number of carboxylic acid groups (broad SMARTS) is 1. The van der Waals surface area contributed by atoms with Gasteiger partial charge in [0.05, 0.1) is 5.56 Å². The number of aryl methyl sites for hydroxylation is 1. The van der Waals surface area contributed by atoms with Crippen molar-refractivity contribution in [3.63, 3.8) is 0 Å². The lowest BCUT2D eigenvalue weighted by Crippen LogP contribution is -1.96. The zero-order valence-corrected chi connectivity index (χ0v) is 11.4. The number of carboxylic acids is 1. The Balaban J connectivity index is 1.97. The van der Waals surface area contributed by atoms with Crippen molar-refractivity contribution >= 4 is 17.7 Å². The normalized spacial score (nSPS) is 10.6. The highest BCUT2D eigenvalue weighted by Gasteiger charge is 2.06. The summed E-state index contributed by atoms with van der Waals surface area (Å²) < 4.78 is 0. The van der Waals surface area contributed by atoms with Crippen molar-refractivity contribution in [2.24, 2.45) is 0 Å². The third-order valence-electron chi connectivity index (χ3n) is 2.54. The molecule has 100 valence electrons. The molecule has 0 saturated heterocycles. The molecule has 1 heterocycles. The van der Waals surface area contributed by atoms with Gasteiger partial charge in [0, 0.05) is 12.2 Å². The average molecular weight is 277 g/mol. The van der Waals surface area contributed by atoms with Gasteiger partial charge < -0.3 is 5.11 Å². The number of aromatic carboxylic acids is 1. The van der Waals surface area contributed by atoms with Crippen LogP contribution in [0.15, 0.2) is 29.4 Å². The maximum absolute atomic E-state index is 10.9. The molecular weight excluding hydrogens is 262 g/mol. The smallest absolute Gasteiger partial charge is 0.335 e. The first-order chi connectivity index (χ1) is 9.19. The molecule has 0 aliphatic rings. The third-order valence-corrected chi connectivity index (χ3v) is 3.46. The van der Waals surface area contributed by atoms with Gasteiger partial charge in [-0.1, -0.05) is 30.8 Å². The fourth-order valence-electron chi connectivity index (χ4n) is 1.63. The molecule has 1 aromatic heterocycles. The number of aromatic amines is 1. The number of nitrogens with one attached hydrogen (secondary N) is 1. The minimum atomic E-state index is -0.907. The molecule has 0 fully saturated rings. The van der Waals surface area contributed by atoms with Crippen LogP contribution in [0.4, 0.5) is 0 Å². The van der Waals surface area contributed by atoms with Gasteiger partial charge >= 0.3 is 5.97 Å². The van der Waals surface area contributed by atoms with Gasteiger partial charge in [-0.3, -0.25) is 5.10 Å². The van der Waals surface area contributed by atoms with Crippen molar-refractivity contribution in [3.8, 4) is 0 Å². The standard InChI is InChI=1S/C13H15N3O2S/c1-2-4-11-14-13(16-15-11)19-8-9-5-3-6-10(7-9)12(17)18/h3,5-7H,2,4,8H2,1H3,(H,17,18)(H,14,15,16). The van der Waals surface area contributed by atoms with Gasteiger partial charge in [0.25, 0.3) is 0 Å². The van der Waals surface area contributed by atoms with E-state index in [9.17, 15) is 4.79 Å². The van der Waals surface area contributed by atoms with Crippen LogP contribution in [0, 0.1) is 0 Å². The molecular formula is C13H15N3O2S. The van der Waals surface area contributed by atoms with Gasteiger partial charge in [-0.2, -0.15) is 0 Å².